The van der Waals surface area contributed by atoms with Gasteiger partial charge in [-0.05, 0) is 59.9 Å². The summed E-state index contributed by atoms with van der Waals surface area (Å²) in [4.78, 5) is 24.8. The maximum atomic E-state index is 14.5. The average molecular weight is 619 g/mol. The minimum Gasteiger partial charge on any atom is -0.494 e. The Morgan fingerprint density at radius 3 is 1.76 bits per heavy atom. The first-order valence-corrected chi connectivity index (χ1v) is 16.9. The van der Waals surface area contributed by atoms with Crippen LogP contribution in [0.3, 0.4) is 0 Å². The minimum absolute atomic E-state index is 0.0131. The molecular formula is C39H51FO5. The number of ether oxygens (including phenoxy) is 3. The predicted molar refractivity (Wildman–Crippen MR) is 180 cm³/mol. The van der Waals surface area contributed by atoms with Crippen LogP contribution in [0.1, 0.15) is 125 Å². The molecule has 45 heavy (non-hydrogen) atoms. The first kappa shape index (κ1) is 35.8. The molecule has 3 rings (SSSR count). The molecule has 0 radical (unpaired) electrons. The SMILES string of the molecule is CCCCCCCCCCCCCCOc1ccc(-c2ccc(C(=O)Oc3ccc(C(=O)OCC(C)CC)c(F)c3)cc2)cc1. The van der Waals surface area contributed by atoms with Gasteiger partial charge in [-0.2, -0.15) is 0 Å². The summed E-state index contributed by atoms with van der Waals surface area (Å²) in [5.41, 5.74) is 2.10. The number of benzene rings is 3. The molecule has 0 saturated carbocycles. The third kappa shape index (κ3) is 13.1. The predicted octanol–water partition coefficient (Wildman–Crippen LogP) is 11.0. The van der Waals surface area contributed by atoms with Crippen molar-refractivity contribution in [2.75, 3.05) is 13.2 Å². The number of carbonyl (C=O) groups excluding carboxylic acids is 2. The van der Waals surface area contributed by atoms with Gasteiger partial charge in [0, 0.05) is 6.07 Å². The molecule has 0 aliphatic rings. The second kappa shape index (κ2) is 20.4. The van der Waals surface area contributed by atoms with E-state index in [9.17, 15) is 14.0 Å². The Hall–Kier alpha value is -3.67. The summed E-state index contributed by atoms with van der Waals surface area (Å²) in [5.74, 6) is -1.10. The lowest BCUT2D eigenvalue weighted by molar-refractivity contribution is 0.0441. The van der Waals surface area contributed by atoms with Crippen LogP contribution in [0.25, 0.3) is 11.1 Å². The lowest BCUT2D eigenvalue weighted by atomic mass is 10.0. The van der Waals surface area contributed by atoms with Crippen molar-refractivity contribution < 1.29 is 28.2 Å². The summed E-state index contributed by atoms with van der Waals surface area (Å²) in [6.45, 7) is 7.15. The van der Waals surface area contributed by atoms with Gasteiger partial charge in [0.05, 0.1) is 24.3 Å². The molecular weight excluding hydrogens is 567 g/mol. The Morgan fingerprint density at radius 1 is 0.667 bits per heavy atom. The van der Waals surface area contributed by atoms with Crippen molar-refractivity contribution in [1.82, 2.24) is 0 Å². The van der Waals surface area contributed by atoms with E-state index < -0.39 is 17.8 Å². The van der Waals surface area contributed by atoms with E-state index in [0.29, 0.717) is 5.56 Å². The second-order valence-corrected chi connectivity index (χ2v) is 12.0. The standard InChI is InChI=1S/C39H51FO5/c1-4-6-7-8-9-10-11-12-13-14-15-16-27-43-34-23-21-32(22-24-34)31-17-19-33(20-18-31)38(41)45-35-25-26-36(37(40)28-35)39(42)44-29-30(3)5-2/h17-26,28,30H,4-16,27,29H2,1-3H3. The van der Waals surface area contributed by atoms with Crippen LogP contribution in [0.15, 0.2) is 66.7 Å². The highest BCUT2D eigenvalue weighted by Crippen LogP contribution is 2.24. The van der Waals surface area contributed by atoms with Crippen LogP contribution in [-0.4, -0.2) is 25.2 Å². The highest BCUT2D eigenvalue weighted by atomic mass is 19.1. The molecule has 0 bridgehead atoms. The summed E-state index contributed by atoms with van der Waals surface area (Å²) in [5, 5.41) is 0. The van der Waals surface area contributed by atoms with E-state index in [1.807, 2.05) is 50.2 Å². The van der Waals surface area contributed by atoms with Gasteiger partial charge in [0.15, 0.2) is 0 Å². The van der Waals surface area contributed by atoms with E-state index in [2.05, 4.69) is 6.92 Å². The Labute approximate surface area is 269 Å². The van der Waals surface area contributed by atoms with Gasteiger partial charge in [0.2, 0.25) is 0 Å². The molecule has 1 atom stereocenters. The molecule has 244 valence electrons. The Kier molecular flexibility index (Phi) is 16.2. The first-order chi connectivity index (χ1) is 21.9. The molecule has 0 heterocycles. The number of rotatable bonds is 21. The van der Waals surface area contributed by atoms with Gasteiger partial charge in [-0.25, -0.2) is 14.0 Å². The lowest BCUT2D eigenvalue weighted by Gasteiger charge is -2.11. The molecule has 0 amide bonds. The summed E-state index contributed by atoms with van der Waals surface area (Å²) in [7, 11) is 0. The number of carbonyl (C=O) groups is 2. The normalized spacial score (nSPS) is 11.6. The van der Waals surface area contributed by atoms with Crippen molar-refractivity contribution >= 4 is 11.9 Å². The Morgan fingerprint density at radius 2 is 1.20 bits per heavy atom. The van der Waals surface area contributed by atoms with Crippen molar-refractivity contribution in [3.05, 3.63) is 83.7 Å². The molecule has 0 aromatic heterocycles. The number of esters is 2. The van der Waals surface area contributed by atoms with Crippen LogP contribution in [0.5, 0.6) is 11.5 Å². The van der Waals surface area contributed by atoms with Crippen LogP contribution < -0.4 is 9.47 Å². The average Bonchev–Trinajstić information content (AvgIpc) is 3.06. The fourth-order valence-corrected chi connectivity index (χ4v) is 4.98. The van der Waals surface area contributed by atoms with Crippen molar-refractivity contribution in [1.29, 1.82) is 0 Å². The minimum atomic E-state index is -0.800. The van der Waals surface area contributed by atoms with Gasteiger partial charge in [-0.15, -0.1) is 0 Å². The molecule has 0 N–H and O–H groups in total. The van der Waals surface area contributed by atoms with Gasteiger partial charge in [0.25, 0.3) is 0 Å². The molecule has 0 spiro atoms. The van der Waals surface area contributed by atoms with E-state index in [4.69, 9.17) is 14.2 Å². The molecule has 0 aliphatic carbocycles. The van der Waals surface area contributed by atoms with E-state index in [1.54, 1.807) is 12.1 Å². The van der Waals surface area contributed by atoms with E-state index in [1.165, 1.54) is 82.8 Å². The molecule has 0 fully saturated rings. The molecule has 0 aliphatic heterocycles. The molecule has 1 unspecified atom stereocenters. The Balaban J connectivity index is 1.36. The molecule has 0 saturated heterocycles. The lowest BCUT2D eigenvalue weighted by Crippen LogP contribution is -2.13. The van der Waals surface area contributed by atoms with E-state index in [-0.39, 0.29) is 23.8 Å². The van der Waals surface area contributed by atoms with Crippen LogP contribution >= 0.6 is 0 Å². The third-order valence-corrected chi connectivity index (χ3v) is 8.14. The zero-order valence-electron chi connectivity index (χ0n) is 27.5. The van der Waals surface area contributed by atoms with Crippen LogP contribution in [-0.2, 0) is 4.74 Å². The number of hydrogen-bond acceptors (Lipinski definition) is 5. The van der Waals surface area contributed by atoms with Gasteiger partial charge < -0.3 is 14.2 Å². The molecule has 3 aromatic rings. The van der Waals surface area contributed by atoms with E-state index >= 15 is 0 Å². The maximum absolute atomic E-state index is 14.5. The fraction of sp³-hybridized carbons (Fsp3) is 0.487. The van der Waals surface area contributed by atoms with Gasteiger partial charge in [-0.1, -0.05) is 122 Å². The van der Waals surface area contributed by atoms with Gasteiger partial charge in [-0.3, -0.25) is 0 Å². The van der Waals surface area contributed by atoms with Crippen molar-refractivity contribution in [3.63, 3.8) is 0 Å². The van der Waals surface area contributed by atoms with Crippen molar-refractivity contribution in [2.24, 2.45) is 5.92 Å². The van der Waals surface area contributed by atoms with Gasteiger partial charge >= 0.3 is 11.9 Å². The third-order valence-electron chi connectivity index (χ3n) is 8.14. The van der Waals surface area contributed by atoms with Crippen LogP contribution in [0.2, 0.25) is 0 Å². The highest BCUT2D eigenvalue weighted by Gasteiger charge is 2.17. The second-order valence-electron chi connectivity index (χ2n) is 12.0. The summed E-state index contributed by atoms with van der Waals surface area (Å²) >= 11 is 0. The largest absolute Gasteiger partial charge is 0.494 e. The topological polar surface area (TPSA) is 61.8 Å². The van der Waals surface area contributed by atoms with E-state index in [0.717, 1.165) is 42.4 Å². The summed E-state index contributed by atoms with van der Waals surface area (Å²) < 4.78 is 31.0. The quantitative estimate of drug-likeness (QED) is 0.0675. The molecule has 3 aromatic carbocycles. The monoisotopic (exact) mass is 618 g/mol. The first-order valence-electron chi connectivity index (χ1n) is 16.9. The Bertz CT molecular complexity index is 1290. The van der Waals surface area contributed by atoms with Crippen LogP contribution in [0.4, 0.5) is 4.39 Å². The fourth-order valence-electron chi connectivity index (χ4n) is 4.98. The van der Waals surface area contributed by atoms with Gasteiger partial charge in [0.1, 0.15) is 17.3 Å². The zero-order chi connectivity index (χ0) is 32.3. The van der Waals surface area contributed by atoms with Crippen molar-refractivity contribution in [3.8, 4) is 22.6 Å². The number of halogens is 1. The summed E-state index contributed by atoms with van der Waals surface area (Å²) in [6.07, 6.45) is 16.7. The zero-order valence-corrected chi connectivity index (χ0v) is 27.5. The number of unbranched alkanes of at least 4 members (excludes halogenated alkanes) is 11. The maximum Gasteiger partial charge on any atom is 0.343 e. The smallest absolute Gasteiger partial charge is 0.343 e. The molecule has 5 nitrogen and oxygen atoms in total. The van der Waals surface area contributed by atoms with Crippen LogP contribution in [0, 0.1) is 11.7 Å². The summed E-state index contributed by atoms with van der Waals surface area (Å²) in [6, 6.07) is 18.7. The highest BCUT2D eigenvalue weighted by molar-refractivity contribution is 5.92. The molecule has 6 heteroatoms. The number of hydrogen-bond donors (Lipinski definition) is 0. The van der Waals surface area contributed by atoms with Crippen molar-refractivity contribution in [2.45, 2.75) is 104 Å².